The fraction of sp³-hybridized carbons (Fsp3) is 0.545. The van der Waals surface area contributed by atoms with Gasteiger partial charge in [-0.05, 0) is 80.9 Å². The van der Waals surface area contributed by atoms with E-state index in [1.165, 1.54) is 38.3 Å². The van der Waals surface area contributed by atoms with Gasteiger partial charge in [0.15, 0.2) is 11.5 Å². The number of rotatable bonds is 4. The van der Waals surface area contributed by atoms with Crippen molar-refractivity contribution in [3.63, 3.8) is 0 Å². The summed E-state index contributed by atoms with van der Waals surface area (Å²) in [7, 11) is 0. The Balaban J connectivity index is 1.61. The van der Waals surface area contributed by atoms with E-state index in [9.17, 15) is 24.8 Å². The summed E-state index contributed by atoms with van der Waals surface area (Å²) in [6.45, 7) is 1.36. The summed E-state index contributed by atoms with van der Waals surface area (Å²) >= 11 is 0. The molecule has 1 aliphatic heterocycles. The summed E-state index contributed by atoms with van der Waals surface area (Å²) in [5, 5.41) is 21.7. The minimum Gasteiger partial charge on any atom is -0.503 e. The average molecular weight is 396 g/mol. The molecule has 4 saturated carbocycles. The van der Waals surface area contributed by atoms with Gasteiger partial charge < -0.3 is 10.0 Å². The highest BCUT2D eigenvalue weighted by atomic mass is 16.6. The van der Waals surface area contributed by atoms with Crippen LogP contribution in [0.3, 0.4) is 0 Å². The summed E-state index contributed by atoms with van der Waals surface area (Å²) in [4.78, 5) is 38.0. The Morgan fingerprint density at radius 2 is 1.62 bits per heavy atom. The molecule has 0 aromatic heterocycles. The number of benzene rings is 1. The Bertz CT molecular complexity index is 913. The summed E-state index contributed by atoms with van der Waals surface area (Å²) in [6, 6.07) is 5.31. The fourth-order valence-corrected chi connectivity index (χ4v) is 6.91. The van der Waals surface area contributed by atoms with Gasteiger partial charge in [0.05, 0.1) is 16.5 Å². The van der Waals surface area contributed by atoms with Crippen LogP contribution in [0.25, 0.3) is 0 Å². The summed E-state index contributed by atoms with van der Waals surface area (Å²) in [5.74, 6) is 0.503. The summed E-state index contributed by atoms with van der Waals surface area (Å²) in [6.07, 6.45) is 6.36. The number of carbonyl (C=O) groups is 2. The van der Waals surface area contributed by atoms with Crippen LogP contribution < -0.4 is 0 Å². The van der Waals surface area contributed by atoms with Gasteiger partial charge in [0.2, 0.25) is 0 Å². The minimum atomic E-state index is -0.683. The lowest BCUT2D eigenvalue weighted by Crippen LogP contribution is -2.61. The zero-order valence-corrected chi connectivity index (χ0v) is 16.3. The highest BCUT2D eigenvalue weighted by molar-refractivity contribution is 6.08. The molecule has 1 heterocycles. The van der Waals surface area contributed by atoms with E-state index in [0.717, 1.165) is 19.3 Å². The van der Waals surface area contributed by atoms with E-state index in [0.29, 0.717) is 23.3 Å². The third-order valence-electron chi connectivity index (χ3n) is 7.52. The molecule has 1 N–H and O–H groups in total. The Labute approximate surface area is 168 Å². The van der Waals surface area contributed by atoms with E-state index in [1.54, 1.807) is 17.0 Å². The quantitative estimate of drug-likeness (QED) is 0.615. The number of hydrogen-bond acceptors (Lipinski definition) is 5. The van der Waals surface area contributed by atoms with Crippen LogP contribution >= 0.6 is 0 Å². The molecule has 4 aliphatic carbocycles. The van der Waals surface area contributed by atoms with Crippen molar-refractivity contribution in [2.45, 2.75) is 57.0 Å². The molecule has 1 aromatic rings. The second kappa shape index (κ2) is 6.15. The number of amides is 1. The fourth-order valence-electron chi connectivity index (χ4n) is 6.91. The number of nitrogens with zero attached hydrogens (tertiary/aromatic N) is 2. The van der Waals surface area contributed by atoms with E-state index in [4.69, 9.17) is 0 Å². The van der Waals surface area contributed by atoms with Gasteiger partial charge in [0, 0.05) is 17.7 Å². The first-order valence-corrected chi connectivity index (χ1v) is 10.3. The predicted octanol–water partition coefficient (Wildman–Crippen LogP) is 3.85. The molecule has 1 aromatic carbocycles. The van der Waals surface area contributed by atoms with Crippen molar-refractivity contribution in [3.8, 4) is 0 Å². The van der Waals surface area contributed by atoms with Gasteiger partial charge in [0.1, 0.15) is 0 Å². The summed E-state index contributed by atoms with van der Waals surface area (Å²) in [5.41, 5.74) is 0.356. The molecular formula is C22H24N2O5. The Hall–Kier alpha value is -2.70. The molecule has 1 amide bonds. The number of nitro benzene ring substituents is 1. The molecule has 7 nitrogen and oxygen atoms in total. The highest BCUT2D eigenvalue weighted by Crippen LogP contribution is 2.60. The molecule has 0 saturated heterocycles. The lowest BCUT2D eigenvalue weighted by molar-refractivity contribution is -0.384. The molecule has 7 heteroatoms. The van der Waals surface area contributed by atoms with E-state index in [-0.39, 0.29) is 22.6 Å². The third-order valence-corrected chi connectivity index (χ3v) is 7.52. The maximum atomic E-state index is 13.3. The van der Waals surface area contributed by atoms with E-state index >= 15 is 0 Å². The monoisotopic (exact) mass is 396 g/mol. The average Bonchev–Trinajstić information content (AvgIpc) is 2.92. The molecule has 0 spiro atoms. The van der Waals surface area contributed by atoms with Gasteiger partial charge in [0.25, 0.3) is 11.6 Å². The highest BCUT2D eigenvalue weighted by Gasteiger charge is 2.59. The van der Waals surface area contributed by atoms with Gasteiger partial charge in [-0.1, -0.05) is 0 Å². The van der Waals surface area contributed by atoms with Crippen LogP contribution in [0.15, 0.2) is 35.6 Å². The molecule has 0 unspecified atom stereocenters. The summed E-state index contributed by atoms with van der Waals surface area (Å²) < 4.78 is 0. The number of aliphatic hydroxyl groups is 1. The lowest BCUT2D eigenvalue weighted by Gasteiger charge is -2.60. The van der Waals surface area contributed by atoms with Crippen molar-refractivity contribution in [2.75, 3.05) is 0 Å². The Morgan fingerprint density at radius 3 is 2.07 bits per heavy atom. The number of aliphatic hydroxyl groups excluding tert-OH is 1. The minimum absolute atomic E-state index is 0.0444. The zero-order valence-electron chi connectivity index (χ0n) is 16.3. The maximum Gasteiger partial charge on any atom is 0.290 e. The van der Waals surface area contributed by atoms with Crippen molar-refractivity contribution in [2.24, 2.45) is 17.8 Å². The van der Waals surface area contributed by atoms with Gasteiger partial charge in [-0.2, -0.15) is 0 Å². The van der Waals surface area contributed by atoms with Crippen LogP contribution in [0.1, 0.15) is 57.1 Å². The number of ketones is 1. The first-order chi connectivity index (χ1) is 13.8. The van der Waals surface area contributed by atoms with Crippen molar-refractivity contribution < 1.29 is 19.6 Å². The number of non-ortho nitro benzene ring substituents is 1. The van der Waals surface area contributed by atoms with Gasteiger partial charge >= 0.3 is 0 Å². The molecule has 152 valence electrons. The first-order valence-electron chi connectivity index (χ1n) is 10.3. The van der Waals surface area contributed by atoms with Crippen LogP contribution in [0.4, 0.5) is 5.69 Å². The van der Waals surface area contributed by atoms with Crippen molar-refractivity contribution >= 4 is 17.4 Å². The number of nitro groups is 1. The smallest absolute Gasteiger partial charge is 0.290 e. The molecule has 4 bridgehead atoms. The van der Waals surface area contributed by atoms with E-state index in [2.05, 4.69) is 0 Å². The van der Waals surface area contributed by atoms with Crippen molar-refractivity contribution in [3.05, 3.63) is 51.3 Å². The van der Waals surface area contributed by atoms with E-state index < -0.39 is 22.6 Å². The molecule has 6 rings (SSSR count). The number of Topliss-reactive ketones (excluding diaryl/α,β-unsaturated/α-hetero) is 1. The predicted molar refractivity (Wildman–Crippen MR) is 104 cm³/mol. The molecule has 0 radical (unpaired) electrons. The first kappa shape index (κ1) is 18.3. The normalized spacial score (nSPS) is 35.5. The zero-order chi connectivity index (χ0) is 20.5. The molecule has 5 aliphatic rings. The Morgan fingerprint density at radius 1 is 1.10 bits per heavy atom. The van der Waals surface area contributed by atoms with Crippen LogP contribution in [0, 0.1) is 27.9 Å². The van der Waals surface area contributed by atoms with Crippen LogP contribution in [0.2, 0.25) is 0 Å². The van der Waals surface area contributed by atoms with Gasteiger partial charge in [-0.15, -0.1) is 0 Å². The van der Waals surface area contributed by atoms with E-state index in [1.807, 2.05) is 0 Å². The van der Waals surface area contributed by atoms with Crippen LogP contribution in [-0.4, -0.2) is 32.2 Å². The molecular weight excluding hydrogens is 372 g/mol. The molecule has 29 heavy (non-hydrogen) atoms. The Kier molecular flexibility index (Phi) is 3.89. The van der Waals surface area contributed by atoms with Crippen LogP contribution in [-0.2, 0) is 9.59 Å². The second-order valence-electron chi connectivity index (χ2n) is 9.39. The van der Waals surface area contributed by atoms with Crippen molar-refractivity contribution in [1.82, 2.24) is 4.90 Å². The molecule has 1 atom stereocenters. The van der Waals surface area contributed by atoms with Gasteiger partial charge in [-0.25, -0.2) is 0 Å². The molecule has 4 fully saturated rings. The number of hydrogen-bond donors (Lipinski definition) is 1. The van der Waals surface area contributed by atoms with Crippen LogP contribution in [0.5, 0.6) is 0 Å². The third kappa shape index (κ3) is 2.63. The number of carbonyl (C=O) groups excluding carboxylic acids is 2. The van der Waals surface area contributed by atoms with Gasteiger partial charge in [-0.3, -0.25) is 19.7 Å². The largest absolute Gasteiger partial charge is 0.503 e. The SMILES string of the molecule is CC(=O)C1=C(O)C(=O)N(C23CC4CC(CC(C4)C2)C3)[C@@H]1c1ccc([N+](=O)[O-])cc1. The topological polar surface area (TPSA) is 101 Å². The maximum absolute atomic E-state index is 13.3. The van der Waals surface area contributed by atoms with Crippen molar-refractivity contribution in [1.29, 1.82) is 0 Å². The second-order valence-corrected chi connectivity index (χ2v) is 9.39. The lowest BCUT2D eigenvalue weighted by atomic mass is 9.52. The standard InChI is InChI=1S/C22H24N2O5/c1-12(25)18-19(16-2-4-17(5-3-16)24(28)29)23(21(27)20(18)26)22-9-13-6-14(10-22)8-15(7-13)11-22/h2-5,13-15,19,26H,6-11H2,1H3/t13?,14?,15?,19-,22?/m1/s1.